The molecule has 2 amide bonds. The Morgan fingerprint density at radius 1 is 0.767 bits per heavy atom. The molecule has 1 aliphatic heterocycles. The molecule has 8 heteroatoms. The summed E-state index contributed by atoms with van der Waals surface area (Å²) in [5.41, 5.74) is 4.63. The molecule has 0 fully saturated rings. The van der Waals surface area contributed by atoms with E-state index < -0.39 is 30.1 Å². The van der Waals surface area contributed by atoms with Crippen molar-refractivity contribution in [3.05, 3.63) is 137 Å². The maximum atomic E-state index is 13.7. The summed E-state index contributed by atoms with van der Waals surface area (Å²) in [6.45, 7) is 0.743. The number of methoxy groups -OCH3 is 1. The van der Waals surface area contributed by atoms with Crippen molar-refractivity contribution in [1.82, 2.24) is 10.2 Å². The molecule has 4 aromatic carbocycles. The van der Waals surface area contributed by atoms with Gasteiger partial charge in [-0.15, -0.1) is 0 Å². The number of hydrogen-bond donors (Lipinski definition) is 1. The summed E-state index contributed by atoms with van der Waals surface area (Å²) < 4.78 is 16.5. The molecule has 43 heavy (non-hydrogen) atoms. The van der Waals surface area contributed by atoms with Crippen LogP contribution in [0.4, 0.5) is 4.79 Å². The Balaban J connectivity index is 1.27. The van der Waals surface area contributed by atoms with Gasteiger partial charge in [-0.2, -0.15) is 0 Å². The lowest BCUT2D eigenvalue weighted by atomic mass is 9.93. The molecule has 1 N–H and O–H groups in total. The topological polar surface area (TPSA) is 94.2 Å². The zero-order valence-corrected chi connectivity index (χ0v) is 24.0. The summed E-state index contributed by atoms with van der Waals surface area (Å²) in [6.07, 6.45) is -0.0950. The van der Waals surface area contributed by atoms with E-state index in [0.29, 0.717) is 18.8 Å². The Labute approximate surface area is 251 Å². The van der Waals surface area contributed by atoms with Crippen LogP contribution in [0.3, 0.4) is 0 Å². The van der Waals surface area contributed by atoms with Gasteiger partial charge in [0.1, 0.15) is 31.0 Å². The van der Waals surface area contributed by atoms with E-state index in [2.05, 4.69) is 5.32 Å². The molecule has 220 valence electrons. The zero-order valence-electron chi connectivity index (χ0n) is 24.0. The van der Waals surface area contributed by atoms with E-state index in [-0.39, 0.29) is 19.6 Å². The molecule has 8 nitrogen and oxygen atoms in total. The Hall–Kier alpha value is -5.11. The predicted octanol–water partition coefficient (Wildman–Crippen LogP) is 5.23. The third-order valence-electron chi connectivity index (χ3n) is 7.40. The Kier molecular flexibility index (Phi) is 9.69. The predicted molar refractivity (Wildman–Crippen MR) is 161 cm³/mol. The molecule has 4 aromatic rings. The quantitative estimate of drug-likeness (QED) is 0.259. The van der Waals surface area contributed by atoms with Crippen LogP contribution in [0, 0.1) is 0 Å². The first kappa shape index (κ1) is 29.4. The highest BCUT2D eigenvalue weighted by Crippen LogP contribution is 2.25. The Morgan fingerprint density at radius 2 is 1.37 bits per heavy atom. The van der Waals surface area contributed by atoms with Crippen molar-refractivity contribution < 1.29 is 28.6 Å². The number of ether oxygens (including phenoxy) is 3. The fourth-order valence-corrected chi connectivity index (χ4v) is 5.05. The summed E-state index contributed by atoms with van der Waals surface area (Å²) >= 11 is 0. The van der Waals surface area contributed by atoms with Crippen LogP contribution in [0.5, 0.6) is 5.75 Å². The number of carbonyl (C=O) groups is 3. The van der Waals surface area contributed by atoms with Gasteiger partial charge in [0.25, 0.3) is 0 Å². The molecule has 0 unspecified atom stereocenters. The van der Waals surface area contributed by atoms with Crippen LogP contribution in [-0.4, -0.2) is 42.1 Å². The maximum Gasteiger partial charge on any atom is 0.411 e. The third kappa shape index (κ3) is 7.80. The van der Waals surface area contributed by atoms with Gasteiger partial charge in [0, 0.05) is 12.8 Å². The Morgan fingerprint density at radius 3 is 2.02 bits per heavy atom. The van der Waals surface area contributed by atoms with Crippen LogP contribution in [0.1, 0.15) is 27.8 Å². The molecular formula is C35H34N2O6. The van der Waals surface area contributed by atoms with Gasteiger partial charge in [-0.05, 0) is 39.9 Å². The minimum absolute atomic E-state index is 0.0853. The molecule has 1 heterocycles. The van der Waals surface area contributed by atoms with Crippen molar-refractivity contribution in [2.24, 2.45) is 0 Å². The van der Waals surface area contributed by atoms with E-state index in [1.54, 1.807) is 0 Å². The number of benzene rings is 4. The molecular weight excluding hydrogens is 544 g/mol. The average molecular weight is 579 g/mol. The first-order valence-electron chi connectivity index (χ1n) is 14.2. The van der Waals surface area contributed by atoms with Crippen LogP contribution in [0.2, 0.25) is 0 Å². The van der Waals surface area contributed by atoms with Crippen LogP contribution >= 0.6 is 0 Å². The SMILES string of the molecule is COC(=O)[C@H](Cc1ccc(OCc2ccccc2)cc1)NC(=O)[C@@H]1Cc2ccccc2CN1C(=O)OCc1ccccc1. The number of rotatable bonds is 10. The second kappa shape index (κ2) is 14.2. The van der Waals surface area contributed by atoms with E-state index in [9.17, 15) is 14.4 Å². The highest BCUT2D eigenvalue weighted by atomic mass is 16.6. The number of amides is 2. The van der Waals surface area contributed by atoms with Gasteiger partial charge in [0.05, 0.1) is 13.7 Å². The van der Waals surface area contributed by atoms with Gasteiger partial charge in [-0.25, -0.2) is 9.59 Å². The van der Waals surface area contributed by atoms with Crippen LogP contribution in [0.15, 0.2) is 109 Å². The summed E-state index contributed by atoms with van der Waals surface area (Å²) in [5, 5.41) is 2.84. The molecule has 5 rings (SSSR count). The van der Waals surface area contributed by atoms with Crippen molar-refractivity contribution in [3.63, 3.8) is 0 Å². The van der Waals surface area contributed by atoms with Crippen LogP contribution in [0.25, 0.3) is 0 Å². The van der Waals surface area contributed by atoms with E-state index in [0.717, 1.165) is 27.8 Å². The molecule has 0 aliphatic carbocycles. The second-order valence-electron chi connectivity index (χ2n) is 10.4. The number of nitrogens with zero attached hydrogens (tertiary/aromatic N) is 1. The summed E-state index contributed by atoms with van der Waals surface area (Å²) in [7, 11) is 1.28. The number of fused-ring (bicyclic) bond motifs is 1. The average Bonchev–Trinajstić information content (AvgIpc) is 3.06. The molecule has 0 spiro atoms. The fraction of sp³-hybridized carbons (Fsp3) is 0.229. The first-order valence-corrected chi connectivity index (χ1v) is 14.2. The highest BCUT2D eigenvalue weighted by Gasteiger charge is 2.37. The third-order valence-corrected chi connectivity index (χ3v) is 7.40. The standard InChI is InChI=1S/C35H34N2O6/c1-41-34(39)31(20-25-16-18-30(19-17-25)42-23-26-10-4-2-5-11-26)36-33(38)32-21-28-14-8-9-15-29(28)22-37(32)35(40)43-24-27-12-6-3-7-13-27/h2-19,31-32H,20-24H2,1H3,(H,36,38)/t31-,32-/m0/s1. The van der Waals surface area contributed by atoms with Crippen molar-refractivity contribution in [2.45, 2.75) is 44.7 Å². The number of carbonyl (C=O) groups excluding carboxylic acids is 3. The smallest absolute Gasteiger partial charge is 0.411 e. The largest absolute Gasteiger partial charge is 0.489 e. The lowest BCUT2D eigenvalue weighted by Crippen LogP contribution is -2.56. The summed E-state index contributed by atoms with van der Waals surface area (Å²) in [5.74, 6) is -0.340. The fourth-order valence-electron chi connectivity index (χ4n) is 5.05. The van der Waals surface area contributed by atoms with Crippen molar-refractivity contribution in [3.8, 4) is 5.75 Å². The van der Waals surface area contributed by atoms with Gasteiger partial charge < -0.3 is 19.5 Å². The lowest BCUT2D eigenvalue weighted by molar-refractivity contribution is -0.145. The van der Waals surface area contributed by atoms with Crippen molar-refractivity contribution in [2.75, 3.05) is 7.11 Å². The first-order chi connectivity index (χ1) is 21.0. The molecule has 1 aliphatic rings. The number of nitrogens with one attached hydrogen (secondary N) is 1. The molecule has 0 bridgehead atoms. The van der Waals surface area contributed by atoms with Gasteiger partial charge >= 0.3 is 12.1 Å². The van der Waals surface area contributed by atoms with Crippen molar-refractivity contribution >= 4 is 18.0 Å². The van der Waals surface area contributed by atoms with Crippen LogP contribution < -0.4 is 10.1 Å². The molecule has 0 saturated heterocycles. The molecule has 0 radical (unpaired) electrons. The van der Waals surface area contributed by atoms with E-state index >= 15 is 0 Å². The Bertz CT molecular complexity index is 1530. The molecule has 0 aromatic heterocycles. The monoisotopic (exact) mass is 578 g/mol. The van der Waals surface area contributed by atoms with Crippen molar-refractivity contribution in [1.29, 1.82) is 0 Å². The molecule has 0 saturated carbocycles. The number of esters is 1. The van der Waals surface area contributed by atoms with E-state index in [1.807, 2.05) is 109 Å². The van der Waals surface area contributed by atoms with Gasteiger partial charge in [0.15, 0.2) is 0 Å². The number of hydrogen-bond acceptors (Lipinski definition) is 6. The van der Waals surface area contributed by atoms with Gasteiger partial charge in [-0.1, -0.05) is 97.1 Å². The minimum atomic E-state index is -0.951. The maximum absolute atomic E-state index is 13.7. The highest BCUT2D eigenvalue weighted by molar-refractivity contribution is 5.90. The lowest BCUT2D eigenvalue weighted by Gasteiger charge is -2.35. The van der Waals surface area contributed by atoms with E-state index in [1.165, 1.54) is 12.0 Å². The summed E-state index contributed by atoms with van der Waals surface area (Å²) in [4.78, 5) is 41.2. The minimum Gasteiger partial charge on any atom is -0.489 e. The zero-order chi connectivity index (χ0) is 30.0. The van der Waals surface area contributed by atoms with Gasteiger partial charge in [-0.3, -0.25) is 9.69 Å². The molecule has 2 atom stereocenters. The summed E-state index contributed by atoms with van der Waals surface area (Å²) in [6, 6.07) is 32.5. The van der Waals surface area contributed by atoms with Gasteiger partial charge in [0.2, 0.25) is 5.91 Å². The normalized spacial score (nSPS) is 14.6. The van der Waals surface area contributed by atoms with Crippen LogP contribution in [-0.2, 0) is 51.7 Å². The second-order valence-corrected chi connectivity index (χ2v) is 10.4. The van der Waals surface area contributed by atoms with E-state index in [4.69, 9.17) is 14.2 Å².